The first-order valence-electron chi connectivity index (χ1n) is 25.8. The van der Waals surface area contributed by atoms with Crippen LogP contribution in [0.3, 0.4) is 0 Å². The molecule has 0 saturated heterocycles. The molecule has 66 heavy (non-hydrogen) atoms. The minimum absolute atomic E-state index is 0.0710. The summed E-state index contributed by atoms with van der Waals surface area (Å²) in [5, 5.41) is 115. The molecular formula is C54H86O12. The molecule has 0 aromatic carbocycles. The molecule has 10 N–H and O–H groups in total. The lowest BCUT2D eigenvalue weighted by Crippen LogP contribution is -2.64. The lowest BCUT2D eigenvalue weighted by molar-refractivity contribution is -0.167. The summed E-state index contributed by atoms with van der Waals surface area (Å²) in [6.45, 7) is 18.6. The Labute approximate surface area is 393 Å². The fourth-order valence-corrected chi connectivity index (χ4v) is 17.4. The zero-order valence-electron chi connectivity index (χ0n) is 41.7. The molecule has 6 saturated carbocycles. The smallest absolute Gasteiger partial charge is 0.144 e. The Morgan fingerprint density at radius 2 is 0.864 bits per heavy atom. The van der Waals surface area contributed by atoms with E-state index in [2.05, 4.69) is 27.7 Å². The van der Waals surface area contributed by atoms with E-state index in [1.54, 1.807) is 41.5 Å². The highest BCUT2D eigenvalue weighted by atomic mass is 16.4. The van der Waals surface area contributed by atoms with Crippen LogP contribution in [0, 0.1) is 69.0 Å². The molecule has 8 aliphatic carbocycles. The van der Waals surface area contributed by atoms with Crippen molar-refractivity contribution in [3.05, 3.63) is 22.3 Å². The van der Waals surface area contributed by atoms with Crippen molar-refractivity contribution in [3.63, 3.8) is 0 Å². The maximum atomic E-state index is 16.1. The molecule has 0 radical (unpaired) electrons. The van der Waals surface area contributed by atoms with Crippen LogP contribution in [0.25, 0.3) is 0 Å². The Bertz CT molecular complexity index is 1850. The predicted molar refractivity (Wildman–Crippen MR) is 248 cm³/mol. The van der Waals surface area contributed by atoms with E-state index in [0.29, 0.717) is 51.4 Å². The van der Waals surface area contributed by atoms with Gasteiger partial charge in [-0.1, -0.05) is 50.0 Å². The van der Waals surface area contributed by atoms with Crippen molar-refractivity contribution < 1.29 is 60.7 Å². The van der Waals surface area contributed by atoms with E-state index in [1.807, 2.05) is 0 Å². The first-order valence-corrected chi connectivity index (χ1v) is 25.8. The summed E-state index contributed by atoms with van der Waals surface area (Å²) in [5.41, 5.74) is -4.02. The zero-order valence-corrected chi connectivity index (χ0v) is 41.7. The fourth-order valence-electron chi connectivity index (χ4n) is 17.4. The normalized spacial score (nSPS) is 46.6. The van der Waals surface area contributed by atoms with E-state index in [-0.39, 0.29) is 74.8 Å². The Balaban J connectivity index is 1.32. The van der Waals surface area contributed by atoms with Gasteiger partial charge in [-0.25, -0.2) is 0 Å². The summed E-state index contributed by atoms with van der Waals surface area (Å²) in [6, 6.07) is 0. The molecule has 12 heteroatoms. The van der Waals surface area contributed by atoms with Crippen LogP contribution in [0.1, 0.15) is 172 Å². The zero-order chi connectivity index (χ0) is 48.9. The standard InChI is InChI=1S/C54H86O12/c1-47(2,63)19-17-39(59)53(9,65)37-13-11-27-41-29(15-21-49(27,37)5)51(7)25-35(57)33(55)23-31(51)45(61)43(41)44-42-28-12-14-38(54(10,66)40(60)18-20-48(3,4)64)50(28,6)22-16-30(42)52(8)26-36(58)34(56)24-32(52)46(44)62/h29-40,43-44,55-60,63-66H,11-26H2,1-10H3/t29-,30-,31-,32-,33+,34+,35-,36-,37-,38-,39+,40+,43-,44-,49-,50-,51+,52+,53+,54+/m0/s1. The first-order chi connectivity index (χ1) is 30.3. The number of Topliss-reactive ketones (excluding diaryl/α,β-unsaturated/α-hetero) is 2. The van der Waals surface area contributed by atoms with E-state index in [1.165, 1.54) is 0 Å². The summed E-state index contributed by atoms with van der Waals surface area (Å²) >= 11 is 0. The van der Waals surface area contributed by atoms with Crippen molar-refractivity contribution in [2.24, 2.45) is 69.0 Å². The van der Waals surface area contributed by atoms with Crippen LogP contribution in [0.5, 0.6) is 0 Å². The summed E-state index contributed by atoms with van der Waals surface area (Å²) < 4.78 is 0. The number of carbonyl (C=O) groups is 2. The minimum Gasteiger partial charge on any atom is -0.390 e. The molecule has 374 valence electrons. The summed E-state index contributed by atoms with van der Waals surface area (Å²) in [4.78, 5) is 32.3. The largest absolute Gasteiger partial charge is 0.390 e. The molecule has 0 aromatic rings. The predicted octanol–water partition coefficient (Wildman–Crippen LogP) is 5.23. The second-order valence-electron chi connectivity index (χ2n) is 26.3. The number of fused-ring (bicyclic) bond motifs is 8. The topological polar surface area (TPSA) is 236 Å². The second kappa shape index (κ2) is 16.5. The van der Waals surface area contributed by atoms with Crippen LogP contribution in [0.2, 0.25) is 0 Å². The number of aliphatic hydroxyl groups excluding tert-OH is 6. The van der Waals surface area contributed by atoms with E-state index >= 15 is 9.59 Å². The molecule has 12 nitrogen and oxygen atoms in total. The molecule has 8 rings (SSSR count). The van der Waals surface area contributed by atoms with Crippen LogP contribution < -0.4 is 0 Å². The van der Waals surface area contributed by atoms with Crippen LogP contribution in [0.4, 0.5) is 0 Å². The first kappa shape index (κ1) is 50.8. The van der Waals surface area contributed by atoms with Crippen molar-refractivity contribution in [3.8, 4) is 0 Å². The number of aliphatic hydroxyl groups is 10. The monoisotopic (exact) mass is 927 g/mol. The molecule has 0 aromatic heterocycles. The number of carbonyl (C=O) groups excluding carboxylic acids is 2. The van der Waals surface area contributed by atoms with Gasteiger partial charge >= 0.3 is 0 Å². The third-order valence-corrected chi connectivity index (χ3v) is 21.1. The highest BCUT2D eigenvalue weighted by Crippen LogP contribution is 2.72. The van der Waals surface area contributed by atoms with Gasteiger partial charge in [-0.05, 0) is 190 Å². The van der Waals surface area contributed by atoms with Crippen LogP contribution >= 0.6 is 0 Å². The van der Waals surface area contributed by atoms with E-state index in [9.17, 15) is 51.1 Å². The van der Waals surface area contributed by atoms with E-state index in [0.717, 1.165) is 22.3 Å². The number of allylic oxidation sites excluding steroid dienone is 4. The van der Waals surface area contributed by atoms with E-state index in [4.69, 9.17) is 0 Å². The van der Waals surface area contributed by atoms with Crippen molar-refractivity contribution in [2.75, 3.05) is 0 Å². The van der Waals surface area contributed by atoms with Gasteiger partial charge in [0.15, 0.2) is 0 Å². The van der Waals surface area contributed by atoms with Crippen molar-refractivity contribution in [2.45, 2.75) is 231 Å². The lowest BCUT2D eigenvalue weighted by atomic mass is 9.40. The number of rotatable bonds is 11. The van der Waals surface area contributed by atoms with Gasteiger partial charge in [0, 0.05) is 11.8 Å². The highest BCUT2D eigenvalue weighted by molar-refractivity contribution is 5.98. The summed E-state index contributed by atoms with van der Waals surface area (Å²) in [5.74, 6) is -4.62. The molecule has 20 atom stereocenters. The van der Waals surface area contributed by atoms with E-state index < -0.39 is 116 Å². The Kier molecular flexibility index (Phi) is 12.7. The fraction of sp³-hybridized carbons (Fsp3) is 0.889. The minimum atomic E-state index is -1.55. The second-order valence-corrected chi connectivity index (χ2v) is 26.3. The van der Waals surface area contributed by atoms with Crippen LogP contribution in [0.15, 0.2) is 22.3 Å². The third kappa shape index (κ3) is 7.74. The van der Waals surface area contributed by atoms with Crippen molar-refractivity contribution >= 4 is 11.6 Å². The van der Waals surface area contributed by atoms with Crippen LogP contribution in [-0.4, -0.2) is 122 Å². The molecule has 0 heterocycles. The third-order valence-electron chi connectivity index (χ3n) is 21.1. The van der Waals surface area contributed by atoms with Gasteiger partial charge < -0.3 is 51.1 Å². The summed E-state index contributed by atoms with van der Waals surface area (Å²) in [6.07, 6.45) is -0.268. The van der Waals surface area contributed by atoms with Gasteiger partial charge in [-0.2, -0.15) is 0 Å². The average Bonchev–Trinajstić information content (AvgIpc) is 3.76. The number of hydrogen-bond acceptors (Lipinski definition) is 12. The summed E-state index contributed by atoms with van der Waals surface area (Å²) in [7, 11) is 0. The van der Waals surface area contributed by atoms with Crippen molar-refractivity contribution in [1.82, 2.24) is 0 Å². The number of hydrogen-bond donors (Lipinski definition) is 10. The average molecular weight is 927 g/mol. The van der Waals surface area contributed by atoms with Gasteiger partial charge in [0.25, 0.3) is 0 Å². The van der Waals surface area contributed by atoms with Gasteiger partial charge in [0.05, 0.1) is 70.9 Å². The number of ketones is 2. The highest BCUT2D eigenvalue weighted by Gasteiger charge is 2.70. The van der Waals surface area contributed by atoms with Gasteiger partial charge in [-0.3, -0.25) is 9.59 Å². The van der Waals surface area contributed by atoms with Crippen LogP contribution in [-0.2, 0) is 9.59 Å². The molecule has 0 bridgehead atoms. The quantitative estimate of drug-likeness (QED) is 0.120. The maximum Gasteiger partial charge on any atom is 0.144 e. The Hall–Kier alpha value is -1.58. The van der Waals surface area contributed by atoms with Gasteiger partial charge in [0.2, 0.25) is 0 Å². The molecule has 8 aliphatic rings. The molecule has 0 spiro atoms. The van der Waals surface area contributed by atoms with Gasteiger partial charge in [0.1, 0.15) is 11.6 Å². The molecule has 6 fully saturated rings. The Morgan fingerprint density at radius 1 is 0.530 bits per heavy atom. The van der Waals surface area contributed by atoms with Gasteiger partial charge in [-0.15, -0.1) is 0 Å². The lowest BCUT2D eigenvalue weighted by Gasteiger charge is -2.63. The maximum absolute atomic E-state index is 16.1. The molecular weight excluding hydrogens is 841 g/mol. The molecule has 0 amide bonds. The Morgan fingerprint density at radius 3 is 1.18 bits per heavy atom. The van der Waals surface area contributed by atoms with Crippen molar-refractivity contribution in [1.29, 1.82) is 0 Å². The SMILES string of the molecule is CC(C)(O)CC[C@@H](O)[C@](C)(O)[C@H]1CCC2=C3[C@@H]([C@H]4C(=O)[C@@H]5C[C@@H](O)[C@@H](O)C[C@]5(C)[C@H]5CC[C@@]6(C)C(=C45)CC[C@@H]6[C@@](C)(O)[C@H](O)CCC(C)(C)O)C(=O)[C@@H]4C[C@@H](O)[C@@H](O)C[C@]4(C)[C@H]3CC[C@@]21C. The molecule has 0 aliphatic heterocycles. The molecule has 0 unspecified atom stereocenters.